The van der Waals surface area contributed by atoms with Crippen LogP contribution in [0.4, 0.5) is 0 Å². The van der Waals surface area contributed by atoms with Crippen LogP contribution < -0.4 is 0 Å². The van der Waals surface area contributed by atoms with E-state index in [9.17, 15) is 4.79 Å². The summed E-state index contributed by atoms with van der Waals surface area (Å²) in [4.78, 5) is 17.1. The van der Waals surface area contributed by atoms with Gasteiger partial charge in [0.2, 0.25) is 0 Å². The highest BCUT2D eigenvalue weighted by atomic mass is 16.4. The van der Waals surface area contributed by atoms with Gasteiger partial charge in [0.25, 0.3) is 0 Å². The van der Waals surface area contributed by atoms with Crippen LogP contribution in [-0.4, -0.2) is 35.8 Å². The van der Waals surface area contributed by atoms with Crippen molar-refractivity contribution < 1.29 is 9.21 Å². The number of likely N-dealkylation sites (tertiary alicyclic amines) is 1. The van der Waals surface area contributed by atoms with Gasteiger partial charge in [-0.05, 0) is 25.9 Å². The van der Waals surface area contributed by atoms with Crippen molar-refractivity contribution in [2.45, 2.75) is 32.1 Å². The van der Waals surface area contributed by atoms with Crippen LogP contribution in [0.1, 0.15) is 37.3 Å². The summed E-state index contributed by atoms with van der Waals surface area (Å²) in [5.41, 5.74) is 0. The first-order valence-corrected chi connectivity index (χ1v) is 5.94. The van der Waals surface area contributed by atoms with E-state index >= 15 is 0 Å². The summed E-state index contributed by atoms with van der Waals surface area (Å²) in [5.74, 6) is 1.88. The first-order valence-electron chi connectivity index (χ1n) is 5.94. The third-order valence-electron chi connectivity index (χ3n) is 3.16. The lowest BCUT2D eigenvalue weighted by Crippen LogP contribution is -2.34. The van der Waals surface area contributed by atoms with Crippen molar-refractivity contribution >= 4 is 6.29 Å². The zero-order valence-electron chi connectivity index (χ0n) is 9.69. The normalized spacial score (nSPS) is 22.2. The second-order valence-corrected chi connectivity index (χ2v) is 4.27. The molecule has 16 heavy (non-hydrogen) atoms. The summed E-state index contributed by atoms with van der Waals surface area (Å²) < 4.78 is 5.59. The molecule has 1 aromatic heterocycles. The summed E-state index contributed by atoms with van der Waals surface area (Å²) in [7, 11) is 0. The highest BCUT2D eigenvalue weighted by Gasteiger charge is 2.23. The van der Waals surface area contributed by atoms with Gasteiger partial charge in [-0.25, -0.2) is 4.98 Å². The van der Waals surface area contributed by atoms with Gasteiger partial charge in [0.15, 0.2) is 5.89 Å². The van der Waals surface area contributed by atoms with Crippen molar-refractivity contribution in [3.8, 4) is 0 Å². The smallest absolute Gasteiger partial charge is 0.198 e. The quantitative estimate of drug-likeness (QED) is 0.726. The number of oxazole rings is 1. The summed E-state index contributed by atoms with van der Waals surface area (Å²) >= 11 is 0. The number of likely N-dealkylation sites (N-methyl/N-ethyl adjacent to an activating group) is 1. The zero-order chi connectivity index (χ0) is 11.4. The van der Waals surface area contributed by atoms with Crippen LogP contribution in [0.25, 0.3) is 0 Å². The Kier molecular flexibility index (Phi) is 3.72. The first kappa shape index (κ1) is 11.3. The van der Waals surface area contributed by atoms with E-state index in [2.05, 4.69) is 16.8 Å². The van der Waals surface area contributed by atoms with Gasteiger partial charge < -0.3 is 14.1 Å². The zero-order valence-corrected chi connectivity index (χ0v) is 9.69. The van der Waals surface area contributed by atoms with Gasteiger partial charge in [-0.2, -0.15) is 0 Å². The summed E-state index contributed by atoms with van der Waals surface area (Å²) in [5, 5.41) is 0. The number of aromatic nitrogens is 1. The minimum Gasteiger partial charge on any atom is -0.445 e. The van der Waals surface area contributed by atoms with Crippen molar-refractivity contribution in [1.29, 1.82) is 0 Å². The molecule has 0 amide bonds. The van der Waals surface area contributed by atoms with Gasteiger partial charge >= 0.3 is 0 Å². The van der Waals surface area contributed by atoms with E-state index in [4.69, 9.17) is 4.42 Å². The Morgan fingerprint density at radius 1 is 1.69 bits per heavy atom. The van der Waals surface area contributed by atoms with Gasteiger partial charge in [-0.3, -0.25) is 0 Å². The van der Waals surface area contributed by atoms with Crippen LogP contribution in [0.2, 0.25) is 0 Å². The molecule has 4 nitrogen and oxygen atoms in total. The van der Waals surface area contributed by atoms with Crippen LogP contribution in [0.3, 0.4) is 0 Å². The fraction of sp³-hybridized carbons (Fsp3) is 0.667. The molecule has 0 saturated carbocycles. The number of rotatable bonds is 4. The monoisotopic (exact) mass is 222 g/mol. The molecule has 1 aliphatic heterocycles. The standard InChI is InChI=1S/C12H18N2O2/c1-2-14-6-3-4-10(9-14)12-13-8-11(16-12)5-7-15/h7-8,10H,2-6,9H2,1H3. The van der Waals surface area contributed by atoms with Crippen molar-refractivity contribution in [1.82, 2.24) is 9.88 Å². The molecule has 88 valence electrons. The fourth-order valence-corrected chi connectivity index (χ4v) is 2.23. The number of nitrogens with zero attached hydrogens (tertiary/aromatic N) is 2. The summed E-state index contributed by atoms with van der Waals surface area (Å²) in [6, 6.07) is 0. The molecule has 1 atom stereocenters. The molecule has 1 aromatic rings. The van der Waals surface area contributed by atoms with E-state index in [1.165, 1.54) is 13.0 Å². The van der Waals surface area contributed by atoms with E-state index in [0.717, 1.165) is 31.7 Å². The maximum Gasteiger partial charge on any atom is 0.198 e. The number of hydrogen-bond donors (Lipinski definition) is 0. The van der Waals surface area contributed by atoms with Crippen LogP contribution >= 0.6 is 0 Å². The number of piperidine rings is 1. The molecule has 1 unspecified atom stereocenters. The van der Waals surface area contributed by atoms with Crippen LogP contribution in [0.15, 0.2) is 10.6 Å². The molecular weight excluding hydrogens is 204 g/mol. The second kappa shape index (κ2) is 5.25. The molecule has 0 N–H and O–H groups in total. The molecule has 0 radical (unpaired) electrons. The van der Waals surface area contributed by atoms with E-state index < -0.39 is 0 Å². The topological polar surface area (TPSA) is 46.3 Å². The molecule has 2 rings (SSSR count). The highest BCUT2D eigenvalue weighted by Crippen LogP contribution is 2.26. The van der Waals surface area contributed by atoms with Gasteiger partial charge in [0.05, 0.1) is 12.6 Å². The Bertz CT molecular complexity index is 349. The molecule has 4 heteroatoms. The third kappa shape index (κ3) is 2.50. The minimum absolute atomic E-state index is 0.331. The van der Waals surface area contributed by atoms with Crippen molar-refractivity contribution in [3.63, 3.8) is 0 Å². The van der Waals surface area contributed by atoms with Crippen LogP contribution in [0.5, 0.6) is 0 Å². The van der Waals surface area contributed by atoms with E-state index in [1.54, 1.807) is 6.20 Å². The summed E-state index contributed by atoms with van der Waals surface area (Å²) in [6.07, 6.45) is 5.19. The average Bonchev–Trinajstić information content (AvgIpc) is 2.78. The lowest BCUT2D eigenvalue weighted by atomic mass is 9.98. The van der Waals surface area contributed by atoms with Crippen molar-refractivity contribution in [2.75, 3.05) is 19.6 Å². The average molecular weight is 222 g/mol. The van der Waals surface area contributed by atoms with Crippen LogP contribution in [-0.2, 0) is 11.2 Å². The number of aldehydes is 1. The summed E-state index contributed by atoms with van der Waals surface area (Å²) in [6.45, 7) is 5.46. The predicted molar refractivity (Wildman–Crippen MR) is 60.4 cm³/mol. The SMILES string of the molecule is CCN1CCCC(c2ncc(CC=O)o2)C1. The lowest BCUT2D eigenvalue weighted by molar-refractivity contribution is -0.107. The Morgan fingerprint density at radius 2 is 2.56 bits per heavy atom. The van der Waals surface area contributed by atoms with E-state index in [-0.39, 0.29) is 0 Å². The minimum atomic E-state index is 0.331. The largest absolute Gasteiger partial charge is 0.445 e. The lowest BCUT2D eigenvalue weighted by Gasteiger charge is -2.29. The molecule has 1 fully saturated rings. The van der Waals surface area contributed by atoms with Crippen LogP contribution in [0, 0.1) is 0 Å². The third-order valence-corrected chi connectivity index (χ3v) is 3.16. The molecule has 2 heterocycles. The Hall–Kier alpha value is -1.16. The van der Waals surface area contributed by atoms with Crippen molar-refractivity contribution in [3.05, 3.63) is 17.8 Å². The Labute approximate surface area is 95.6 Å². The molecular formula is C12H18N2O2. The molecule has 0 bridgehead atoms. The number of carbonyl (C=O) groups is 1. The number of hydrogen-bond acceptors (Lipinski definition) is 4. The Morgan fingerprint density at radius 3 is 3.31 bits per heavy atom. The van der Waals surface area contributed by atoms with Gasteiger partial charge in [-0.1, -0.05) is 6.92 Å². The second-order valence-electron chi connectivity index (χ2n) is 4.27. The first-order chi connectivity index (χ1) is 7.83. The van der Waals surface area contributed by atoms with Gasteiger partial charge in [0.1, 0.15) is 12.0 Å². The van der Waals surface area contributed by atoms with E-state index in [1.807, 2.05) is 0 Å². The molecule has 0 aromatic carbocycles. The number of carbonyl (C=O) groups excluding carboxylic acids is 1. The fourth-order valence-electron chi connectivity index (χ4n) is 2.23. The molecule has 1 saturated heterocycles. The maximum atomic E-state index is 10.4. The Balaban J connectivity index is 2.02. The predicted octanol–water partition coefficient (Wildman–Crippen LogP) is 1.62. The van der Waals surface area contributed by atoms with Crippen molar-refractivity contribution in [2.24, 2.45) is 0 Å². The molecule has 0 spiro atoms. The maximum absolute atomic E-state index is 10.4. The van der Waals surface area contributed by atoms with Gasteiger partial charge in [0, 0.05) is 12.5 Å². The van der Waals surface area contributed by atoms with Gasteiger partial charge in [-0.15, -0.1) is 0 Å². The highest BCUT2D eigenvalue weighted by molar-refractivity contribution is 5.52. The van der Waals surface area contributed by atoms with E-state index in [0.29, 0.717) is 18.1 Å². The molecule has 1 aliphatic rings. The molecule has 0 aliphatic carbocycles.